The van der Waals surface area contributed by atoms with Gasteiger partial charge in [0.05, 0.1) is 30.9 Å². The number of rotatable bonds is 11. The van der Waals surface area contributed by atoms with Gasteiger partial charge in [-0.2, -0.15) is 5.06 Å². The Morgan fingerprint density at radius 1 is 0.846 bits per heavy atom. The molecule has 2 aliphatic rings. The van der Waals surface area contributed by atoms with Crippen LogP contribution >= 0.6 is 0 Å². The van der Waals surface area contributed by atoms with Gasteiger partial charge in [0.25, 0.3) is 5.91 Å². The Morgan fingerprint density at radius 2 is 1.62 bits per heavy atom. The first-order valence-electron chi connectivity index (χ1n) is 13.5. The summed E-state index contributed by atoms with van der Waals surface area (Å²) in [6.45, 7) is 5.50. The molecule has 3 atom stereocenters. The van der Waals surface area contributed by atoms with Crippen LogP contribution in [0, 0.1) is 5.92 Å². The highest BCUT2D eigenvalue weighted by molar-refractivity contribution is 6.23. The molecule has 0 unspecified atom stereocenters. The van der Waals surface area contributed by atoms with E-state index in [1.54, 1.807) is 36.4 Å². The molecule has 3 aromatic rings. The van der Waals surface area contributed by atoms with E-state index in [4.69, 9.17) is 19.0 Å². The second-order valence-electron chi connectivity index (χ2n) is 9.66. The SMILES string of the molecule is CCCCOc1ccc(N2C(=O)[C@H]3[C@H](ON(C)[C@@H]3c3ccc(OCc4ccccc4)c(OCC)c3)C2=O)cc1. The minimum Gasteiger partial charge on any atom is -0.494 e. The number of carbonyl (C=O) groups excluding carboxylic acids is 2. The van der Waals surface area contributed by atoms with E-state index in [0.717, 1.165) is 24.0 Å². The zero-order valence-corrected chi connectivity index (χ0v) is 22.5. The highest BCUT2D eigenvalue weighted by Crippen LogP contribution is 2.46. The van der Waals surface area contributed by atoms with E-state index in [-0.39, 0.29) is 11.8 Å². The fraction of sp³-hybridized carbons (Fsp3) is 0.355. The number of amides is 2. The van der Waals surface area contributed by atoms with E-state index >= 15 is 0 Å². The number of imide groups is 1. The van der Waals surface area contributed by atoms with E-state index in [9.17, 15) is 9.59 Å². The molecule has 0 radical (unpaired) electrons. The van der Waals surface area contributed by atoms with Crippen molar-refractivity contribution in [2.24, 2.45) is 5.92 Å². The Hall–Kier alpha value is -3.88. The fourth-order valence-electron chi connectivity index (χ4n) is 5.08. The summed E-state index contributed by atoms with van der Waals surface area (Å²) in [5.41, 5.74) is 2.36. The standard InChI is InChI=1S/C31H34N2O6/c1-4-6-18-37-24-15-13-23(14-16-24)33-30(34)27-28(32(3)39-29(27)31(33)35)22-12-17-25(26(19-22)36-5-2)38-20-21-10-8-7-9-11-21/h7-17,19,27-29H,4-6,18,20H2,1-3H3/t27-,28-,29+/m1/s1. The summed E-state index contributed by atoms with van der Waals surface area (Å²) in [6.07, 6.45) is 1.12. The minimum atomic E-state index is -0.891. The molecule has 0 N–H and O–H groups in total. The predicted octanol–water partition coefficient (Wildman–Crippen LogP) is 5.32. The first-order valence-corrected chi connectivity index (χ1v) is 13.5. The van der Waals surface area contributed by atoms with Gasteiger partial charge in [-0.3, -0.25) is 14.4 Å². The number of hydrogen-bond donors (Lipinski definition) is 0. The van der Waals surface area contributed by atoms with Crippen LogP contribution in [-0.2, 0) is 21.0 Å². The summed E-state index contributed by atoms with van der Waals surface area (Å²) in [6, 6.07) is 22.1. The Bertz CT molecular complexity index is 1300. The molecule has 2 fully saturated rings. The van der Waals surface area contributed by atoms with Gasteiger partial charge in [0.2, 0.25) is 5.91 Å². The van der Waals surface area contributed by atoms with E-state index in [2.05, 4.69) is 6.92 Å². The number of ether oxygens (including phenoxy) is 3. The molecule has 39 heavy (non-hydrogen) atoms. The van der Waals surface area contributed by atoms with E-state index in [1.165, 1.54) is 4.90 Å². The van der Waals surface area contributed by atoms with Gasteiger partial charge in [0.1, 0.15) is 12.4 Å². The summed E-state index contributed by atoms with van der Waals surface area (Å²) in [4.78, 5) is 34.2. The number of benzene rings is 3. The van der Waals surface area contributed by atoms with Crippen LogP contribution in [0.15, 0.2) is 72.8 Å². The first kappa shape index (κ1) is 26.7. The molecule has 8 heteroatoms. The van der Waals surface area contributed by atoms with Crippen molar-refractivity contribution in [3.05, 3.63) is 83.9 Å². The number of carbonyl (C=O) groups is 2. The molecular weight excluding hydrogens is 496 g/mol. The van der Waals surface area contributed by atoms with Crippen molar-refractivity contribution >= 4 is 17.5 Å². The van der Waals surface area contributed by atoms with Crippen LogP contribution < -0.4 is 19.1 Å². The Balaban J connectivity index is 1.36. The molecule has 204 valence electrons. The third-order valence-corrected chi connectivity index (χ3v) is 7.02. The largest absolute Gasteiger partial charge is 0.494 e. The third-order valence-electron chi connectivity index (χ3n) is 7.02. The zero-order chi connectivity index (χ0) is 27.4. The summed E-state index contributed by atoms with van der Waals surface area (Å²) < 4.78 is 17.7. The number of nitrogens with zero attached hydrogens (tertiary/aromatic N) is 2. The van der Waals surface area contributed by atoms with Gasteiger partial charge in [0.15, 0.2) is 17.6 Å². The highest BCUT2D eigenvalue weighted by atomic mass is 16.7. The number of hydrogen-bond acceptors (Lipinski definition) is 7. The number of fused-ring (bicyclic) bond motifs is 1. The van der Waals surface area contributed by atoms with Crippen LogP contribution in [0.1, 0.15) is 43.9 Å². The van der Waals surface area contributed by atoms with Gasteiger partial charge in [-0.1, -0.05) is 49.7 Å². The minimum absolute atomic E-state index is 0.290. The molecule has 2 saturated heterocycles. The van der Waals surface area contributed by atoms with Gasteiger partial charge in [-0.25, -0.2) is 4.90 Å². The Kier molecular flexibility index (Phi) is 8.14. The average Bonchev–Trinajstić information content (AvgIpc) is 3.42. The number of hydroxylamine groups is 2. The van der Waals surface area contributed by atoms with E-state index < -0.39 is 18.1 Å². The zero-order valence-electron chi connectivity index (χ0n) is 22.5. The molecule has 2 amide bonds. The normalized spacial score (nSPS) is 20.8. The quantitative estimate of drug-likeness (QED) is 0.245. The highest BCUT2D eigenvalue weighted by Gasteiger charge is 2.59. The second kappa shape index (κ2) is 11.9. The van der Waals surface area contributed by atoms with Crippen molar-refractivity contribution in [3.63, 3.8) is 0 Å². The lowest BCUT2D eigenvalue weighted by molar-refractivity contribution is -0.160. The molecule has 0 saturated carbocycles. The summed E-state index contributed by atoms with van der Waals surface area (Å²) in [5, 5.41) is 1.60. The van der Waals surface area contributed by atoms with Crippen LogP contribution in [0.4, 0.5) is 5.69 Å². The average molecular weight is 531 g/mol. The molecule has 2 heterocycles. The van der Waals surface area contributed by atoms with Gasteiger partial charge in [0, 0.05) is 7.05 Å². The fourth-order valence-corrected chi connectivity index (χ4v) is 5.08. The van der Waals surface area contributed by atoms with Crippen molar-refractivity contribution in [3.8, 4) is 17.2 Å². The molecule has 0 aliphatic carbocycles. The topological polar surface area (TPSA) is 77.5 Å². The summed E-state index contributed by atoms with van der Waals surface area (Å²) in [7, 11) is 1.75. The molecule has 0 bridgehead atoms. The Morgan fingerprint density at radius 3 is 2.33 bits per heavy atom. The molecule has 5 rings (SSSR count). The van der Waals surface area contributed by atoms with Gasteiger partial charge < -0.3 is 14.2 Å². The molecule has 2 aliphatic heterocycles. The maximum atomic E-state index is 13.7. The van der Waals surface area contributed by atoms with Crippen LogP contribution in [0.3, 0.4) is 0 Å². The van der Waals surface area contributed by atoms with Crippen LogP contribution in [0.2, 0.25) is 0 Å². The smallest absolute Gasteiger partial charge is 0.265 e. The van der Waals surface area contributed by atoms with Gasteiger partial charge >= 0.3 is 0 Å². The second-order valence-corrected chi connectivity index (χ2v) is 9.66. The van der Waals surface area contributed by atoms with Crippen molar-refractivity contribution < 1.29 is 28.6 Å². The number of unbranched alkanes of at least 4 members (excludes halogenated alkanes) is 1. The van der Waals surface area contributed by atoms with Crippen LogP contribution in [-0.4, -0.2) is 43.2 Å². The maximum absolute atomic E-state index is 13.7. The monoisotopic (exact) mass is 530 g/mol. The van der Waals surface area contributed by atoms with E-state index in [0.29, 0.717) is 42.8 Å². The Labute approximate surface area is 229 Å². The van der Waals surface area contributed by atoms with Crippen LogP contribution in [0.25, 0.3) is 0 Å². The third kappa shape index (κ3) is 5.48. The molecular formula is C31H34N2O6. The molecule has 0 aromatic heterocycles. The van der Waals surface area contributed by atoms with Crippen molar-refractivity contribution in [1.29, 1.82) is 0 Å². The first-order chi connectivity index (χ1) is 19.0. The van der Waals surface area contributed by atoms with E-state index in [1.807, 2.05) is 55.5 Å². The van der Waals surface area contributed by atoms with Crippen molar-refractivity contribution in [1.82, 2.24) is 5.06 Å². The lowest BCUT2D eigenvalue weighted by Gasteiger charge is -2.25. The summed E-state index contributed by atoms with van der Waals surface area (Å²) in [5.74, 6) is 0.550. The molecule has 3 aromatic carbocycles. The van der Waals surface area contributed by atoms with Gasteiger partial charge in [-0.15, -0.1) is 0 Å². The molecule has 8 nitrogen and oxygen atoms in total. The lowest BCUT2D eigenvalue weighted by atomic mass is 9.91. The number of anilines is 1. The molecule has 0 spiro atoms. The maximum Gasteiger partial charge on any atom is 0.265 e. The van der Waals surface area contributed by atoms with Crippen molar-refractivity contribution in [2.75, 3.05) is 25.2 Å². The summed E-state index contributed by atoms with van der Waals surface area (Å²) >= 11 is 0. The predicted molar refractivity (Wildman–Crippen MR) is 147 cm³/mol. The van der Waals surface area contributed by atoms with Crippen LogP contribution in [0.5, 0.6) is 17.2 Å². The lowest BCUT2D eigenvalue weighted by Crippen LogP contribution is -2.36. The van der Waals surface area contributed by atoms with Gasteiger partial charge in [-0.05, 0) is 60.9 Å². The van der Waals surface area contributed by atoms with Crippen molar-refractivity contribution in [2.45, 2.75) is 45.4 Å².